The molecule has 6 nitrogen and oxygen atoms in total. The van der Waals surface area contributed by atoms with Gasteiger partial charge in [0.15, 0.2) is 5.82 Å². The van der Waals surface area contributed by atoms with Crippen molar-refractivity contribution < 1.29 is 0 Å². The van der Waals surface area contributed by atoms with Gasteiger partial charge < -0.3 is 5.84 Å². The molecule has 0 aromatic carbocycles. The second kappa shape index (κ2) is 6.21. The number of nitrogen functional groups attached to an aromatic ring is 1. The van der Waals surface area contributed by atoms with E-state index in [0.717, 1.165) is 11.3 Å². The number of halogens is 1. The fraction of sp³-hybridized carbons (Fsp3) is 0.222. The second-order valence-corrected chi connectivity index (χ2v) is 4.03. The molecule has 0 atom stereocenters. The maximum atomic E-state index is 5.73. The highest BCUT2D eigenvalue weighted by molar-refractivity contribution is 7.11. The van der Waals surface area contributed by atoms with Gasteiger partial charge in [-0.1, -0.05) is 13.0 Å². The van der Waals surface area contributed by atoms with Crippen LogP contribution in [0.5, 0.6) is 0 Å². The minimum absolute atomic E-state index is 0. The summed E-state index contributed by atoms with van der Waals surface area (Å²) in [6.45, 7) is 1.96. The number of rotatable bonds is 4. The molecule has 0 aliphatic carbocycles. The van der Waals surface area contributed by atoms with Crippen molar-refractivity contribution in [3.8, 4) is 0 Å². The van der Waals surface area contributed by atoms with Crippen LogP contribution in [-0.4, -0.2) is 21.1 Å². The molecule has 0 spiro atoms. The second-order valence-electron chi connectivity index (χ2n) is 3.05. The van der Waals surface area contributed by atoms with Gasteiger partial charge in [-0.15, -0.1) is 33.9 Å². The molecule has 0 aliphatic heterocycles. The predicted molar refractivity (Wildman–Crippen MR) is 72.3 cm³/mol. The molecular weight excluding hydrogens is 260 g/mol. The Morgan fingerprint density at radius 2 is 2.41 bits per heavy atom. The minimum Gasteiger partial charge on any atom is -0.335 e. The van der Waals surface area contributed by atoms with E-state index in [4.69, 9.17) is 5.84 Å². The first-order valence-corrected chi connectivity index (χ1v) is 5.71. The summed E-state index contributed by atoms with van der Waals surface area (Å²) in [6.07, 6.45) is 2.45. The zero-order chi connectivity index (χ0) is 11.4. The van der Waals surface area contributed by atoms with E-state index in [1.54, 1.807) is 17.6 Å². The number of aromatic nitrogens is 3. The van der Waals surface area contributed by atoms with Gasteiger partial charge >= 0.3 is 0 Å². The summed E-state index contributed by atoms with van der Waals surface area (Å²) >= 11 is 1.61. The van der Waals surface area contributed by atoms with Crippen LogP contribution in [0.3, 0.4) is 0 Å². The Labute approximate surface area is 109 Å². The number of hydrogen-bond donors (Lipinski definition) is 2. The molecule has 0 amide bonds. The first-order chi connectivity index (χ1) is 7.81. The number of hydrogen-bond acceptors (Lipinski definition) is 6. The third-order valence-corrected chi connectivity index (χ3v) is 2.79. The van der Waals surface area contributed by atoms with Crippen LogP contribution in [0.1, 0.15) is 17.6 Å². The van der Waals surface area contributed by atoms with E-state index in [-0.39, 0.29) is 12.4 Å². The maximum Gasteiger partial charge on any atom is 0.263 e. The summed E-state index contributed by atoms with van der Waals surface area (Å²) < 4.78 is 1.39. The number of aryl methyl sites for hydroxylation is 1. The molecule has 3 N–H and O–H groups in total. The van der Waals surface area contributed by atoms with Gasteiger partial charge in [-0.3, -0.25) is 0 Å². The Hall–Kier alpha value is -1.60. The highest BCUT2D eigenvalue weighted by Crippen LogP contribution is 2.06. The van der Waals surface area contributed by atoms with Crippen LogP contribution < -0.4 is 11.3 Å². The van der Waals surface area contributed by atoms with E-state index in [1.165, 1.54) is 4.68 Å². The fourth-order valence-corrected chi connectivity index (χ4v) is 1.74. The van der Waals surface area contributed by atoms with Crippen molar-refractivity contribution >= 4 is 35.9 Å². The van der Waals surface area contributed by atoms with E-state index >= 15 is 0 Å². The lowest BCUT2D eigenvalue weighted by molar-refractivity contribution is 0.855. The van der Waals surface area contributed by atoms with E-state index in [9.17, 15) is 0 Å². The molecule has 92 valence electrons. The fourth-order valence-electron chi connectivity index (χ4n) is 1.16. The first kappa shape index (κ1) is 13.5. The van der Waals surface area contributed by atoms with Crippen LogP contribution in [0.15, 0.2) is 22.6 Å². The number of nitrogens with one attached hydrogen (secondary N) is 1. The van der Waals surface area contributed by atoms with Crippen LogP contribution in [-0.2, 0) is 6.42 Å². The van der Waals surface area contributed by atoms with Gasteiger partial charge in [0.05, 0.1) is 6.21 Å². The highest BCUT2D eigenvalue weighted by Gasteiger charge is 2.05. The summed E-state index contributed by atoms with van der Waals surface area (Å²) in [6, 6.07) is 3.94. The maximum absolute atomic E-state index is 5.73. The number of nitrogens with two attached hydrogens (primary N) is 1. The third kappa shape index (κ3) is 3.18. The normalized spacial score (nSPS) is 10.4. The summed E-state index contributed by atoms with van der Waals surface area (Å²) in [7, 11) is 0. The number of hydrazone groups is 1. The molecule has 17 heavy (non-hydrogen) atoms. The van der Waals surface area contributed by atoms with Crippen molar-refractivity contribution in [2.45, 2.75) is 13.3 Å². The van der Waals surface area contributed by atoms with Gasteiger partial charge in [0.2, 0.25) is 0 Å². The largest absolute Gasteiger partial charge is 0.335 e. The zero-order valence-corrected chi connectivity index (χ0v) is 10.8. The highest BCUT2D eigenvalue weighted by atomic mass is 35.5. The van der Waals surface area contributed by atoms with Crippen molar-refractivity contribution in [2.24, 2.45) is 5.10 Å². The molecule has 0 aliphatic rings. The van der Waals surface area contributed by atoms with Gasteiger partial charge in [-0.05, 0) is 11.4 Å². The molecule has 2 aromatic rings. The van der Waals surface area contributed by atoms with E-state index in [2.05, 4.69) is 20.7 Å². The van der Waals surface area contributed by atoms with Crippen molar-refractivity contribution in [3.05, 3.63) is 28.2 Å². The lowest BCUT2D eigenvalue weighted by Crippen LogP contribution is -2.14. The zero-order valence-electron chi connectivity index (χ0n) is 9.20. The summed E-state index contributed by atoms with van der Waals surface area (Å²) in [4.78, 5) is 1.06. The van der Waals surface area contributed by atoms with Crippen molar-refractivity contribution in [1.29, 1.82) is 0 Å². The molecule has 0 saturated heterocycles. The smallest absolute Gasteiger partial charge is 0.263 e. The average Bonchev–Trinajstić information content (AvgIpc) is 2.90. The van der Waals surface area contributed by atoms with Crippen LogP contribution in [0.2, 0.25) is 0 Å². The van der Waals surface area contributed by atoms with E-state index in [0.29, 0.717) is 11.8 Å². The number of nitrogens with zero attached hydrogens (tertiary/aromatic N) is 4. The Balaban J connectivity index is 0.00000144. The average molecular weight is 273 g/mol. The molecule has 2 heterocycles. The SMILES string of the molecule is CCc1nnc(NN=Cc2cccs2)n1N.Cl. The summed E-state index contributed by atoms with van der Waals surface area (Å²) in [5, 5.41) is 13.8. The van der Waals surface area contributed by atoms with Crippen molar-refractivity contribution in [2.75, 3.05) is 11.3 Å². The van der Waals surface area contributed by atoms with Gasteiger partial charge in [-0.25, -0.2) is 10.1 Å². The molecule has 0 radical (unpaired) electrons. The Kier molecular flexibility index (Phi) is 4.92. The number of thiophene rings is 1. The summed E-state index contributed by atoms with van der Waals surface area (Å²) in [5.41, 5.74) is 2.75. The molecule has 0 unspecified atom stereocenters. The number of anilines is 1. The van der Waals surface area contributed by atoms with Gasteiger partial charge in [0.1, 0.15) is 0 Å². The Morgan fingerprint density at radius 1 is 1.59 bits per heavy atom. The van der Waals surface area contributed by atoms with Crippen LogP contribution in [0.25, 0.3) is 0 Å². The Bertz CT molecular complexity index is 478. The topological polar surface area (TPSA) is 81.1 Å². The molecule has 0 bridgehead atoms. The molecular formula is C9H13ClN6S. The lowest BCUT2D eigenvalue weighted by atomic mass is 10.5. The van der Waals surface area contributed by atoms with Gasteiger partial charge in [0.25, 0.3) is 5.95 Å². The molecule has 2 aromatic heterocycles. The molecule has 0 saturated carbocycles. The van der Waals surface area contributed by atoms with Crippen molar-refractivity contribution in [1.82, 2.24) is 14.9 Å². The van der Waals surface area contributed by atoms with E-state index in [1.807, 2.05) is 24.4 Å². The standard InChI is InChI=1S/C9H12N6S.ClH/c1-2-8-12-14-9(15(8)10)13-11-6-7-4-3-5-16-7;/h3-6H,2,10H2,1H3,(H,13,14);1H. The minimum atomic E-state index is 0. The van der Waals surface area contributed by atoms with Gasteiger partial charge in [-0.2, -0.15) is 5.10 Å². The molecule has 2 rings (SSSR count). The van der Waals surface area contributed by atoms with Crippen LogP contribution >= 0.6 is 23.7 Å². The molecule has 8 heteroatoms. The van der Waals surface area contributed by atoms with Crippen LogP contribution in [0.4, 0.5) is 5.95 Å². The lowest BCUT2D eigenvalue weighted by Gasteiger charge is -1.99. The van der Waals surface area contributed by atoms with E-state index < -0.39 is 0 Å². The Morgan fingerprint density at radius 3 is 3.00 bits per heavy atom. The molecule has 0 fully saturated rings. The van der Waals surface area contributed by atoms with Gasteiger partial charge in [0, 0.05) is 11.3 Å². The monoisotopic (exact) mass is 272 g/mol. The summed E-state index contributed by atoms with van der Waals surface area (Å²) in [5.74, 6) is 6.88. The van der Waals surface area contributed by atoms with Crippen molar-refractivity contribution in [3.63, 3.8) is 0 Å². The first-order valence-electron chi connectivity index (χ1n) is 4.83. The predicted octanol–water partition coefficient (Wildman–Crippen LogP) is 1.48. The van der Waals surface area contributed by atoms with Crippen LogP contribution in [0, 0.1) is 0 Å². The third-order valence-electron chi connectivity index (χ3n) is 1.98. The quantitative estimate of drug-likeness (QED) is 0.502.